The van der Waals surface area contributed by atoms with E-state index in [4.69, 9.17) is 0 Å². The molecule has 1 unspecified atom stereocenters. The largest absolute Gasteiger partial charge is 0.422 e. The molecule has 0 fully saturated rings. The molecule has 2 rings (SSSR count). The molecule has 0 saturated carbocycles. The minimum absolute atomic E-state index is 0.343. The number of carbonyl (C=O) groups excluding carboxylic acids is 1. The molecule has 1 aromatic carbocycles. The summed E-state index contributed by atoms with van der Waals surface area (Å²) in [5.74, 6) is -11.1. The van der Waals surface area contributed by atoms with Gasteiger partial charge in [-0.25, -0.2) is 17.6 Å². The van der Waals surface area contributed by atoms with Crippen LogP contribution in [0.5, 0.6) is 0 Å². The van der Waals surface area contributed by atoms with Crippen LogP contribution in [-0.4, -0.2) is 21.4 Å². The summed E-state index contributed by atoms with van der Waals surface area (Å²) in [4.78, 5) is 12.0. The molecule has 26 heavy (non-hydrogen) atoms. The van der Waals surface area contributed by atoms with Crippen molar-refractivity contribution in [1.29, 1.82) is 0 Å². The fraction of sp³-hybridized carbons (Fsp3) is 0.308. The number of thioether (sulfide) groups is 1. The van der Waals surface area contributed by atoms with Gasteiger partial charge >= 0.3 is 6.18 Å². The lowest BCUT2D eigenvalue weighted by atomic mass is 10.1. The number of hydrogen-bond acceptors (Lipinski definition) is 5. The first kappa shape index (κ1) is 20.4. The zero-order valence-corrected chi connectivity index (χ0v) is 14.5. The first-order chi connectivity index (χ1) is 11.9. The third-order valence-electron chi connectivity index (χ3n) is 2.95. The molecule has 0 bridgehead atoms. The van der Waals surface area contributed by atoms with Crippen molar-refractivity contribution in [3.63, 3.8) is 0 Å². The van der Waals surface area contributed by atoms with Crippen molar-refractivity contribution in [2.45, 2.75) is 29.6 Å². The second-order valence-corrected chi connectivity index (χ2v) is 7.61. The van der Waals surface area contributed by atoms with Crippen LogP contribution in [0.1, 0.15) is 17.5 Å². The third-order valence-corrected chi connectivity index (χ3v) is 4.97. The van der Waals surface area contributed by atoms with Gasteiger partial charge in [-0.15, -0.1) is 10.2 Å². The average molecular weight is 419 g/mol. The van der Waals surface area contributed by atoms with Crippen molar-refractivity contribution in [2.75, 3.05) is 5.32 Å². The predicted octanol–water partition coefficient (Wildman–Crippen LogP) is 4.54. The van der Waals surface area contributed by atoms with E-state index >= 15 is 0 Å². The fourth-order valence-electron chi connectivity index (χ4n) is 1.75. The first-order valence-electron chi connectivity index (χ1n) is 6.64. The van der Waals surface area contributed by atoms with Crippen LogP contribution in [0.15, 0.2) is 4.34 Å². The number of halogens is 7. The van der Waals surface area contributed by atoms with E-state index in [-0.39, 0.29) is 0 Å². The van der Waals surface area contributed by atoms with E-state index in [1.54, 1.807) is 12.2 Å². The van der Waals surface area contributed by atoms with Gasteiger partial charge in [-0.1, -0.05) is 23.1 Å². The van der Waals surface area contributed by atoms with Gasteiger partial charge in [0.05, 0.1) is 5.25 Å². The number of nitrogens with one attached hydrogen (secondary N) is 1. The van der Waals surface area contributed by atoms with E-state index in [9.17, 15) is 35.5 Å². The Balaban J connectivity index is 2.30. The molecule has 1 N–H and O–H groups in total. The molecule has 1 atom stereocenters. The van der Waals surface area contributed by atoms with E-state index in [0.29, 0.717) is 9.35 Å². The number of aryl methyl sites for hydroxylation is 1. The Kier molecular flexibility index (Phi) is 5.80. The highest BCUT2D eigenvalue weighted by Crippen LogP contribution is 2.38. The number of benzene rings is 1. The van der Waals surface area contributed by atoms with Crippen molar-refractivity contribution >= 4 is 34.7 Å². The van der Waals surface area contributed by atoms with Crippen molar-refractivity contribution < 1.29 is 35.5 Å². The van der Waals surface area contributed by atoms with Gasteiger partial charge in [-0.2, -0.15) is 13.2 Å². The number of anilines is 1. The van der Waals surface area contributed by atoms with E-state index in [0.717, 1.165) is 23.1 Å². The molecule has 13 heteroatoms. The van der Waals surface area contributed by atoms with Crippen LogP contribution in [0.4, 0.5) is 36.4 Å². The highest BCUT2D eigenvalue weighted by atomic mass is 32.2. The summed E-state index contributed by atoms with van der Waals surface area (Å²) in [6.07, 6.45) is -5.66. The Hall–Kier alpha value is -1.89. The summed E-state index contributed by atoms with van der Waals surface area (Å²) in [7, 11) is 0. The van der Waals surface area contributed by atoms with Gasteiger partial charge in [0.1, 0.15) is 16.3 Å². The molecule has 0 aliphatic heterocycles. The number of aromatic nitrogens is 2. The minimum atomic E-state index is -5.66. The zero-order valence-electron chi connectivity index (χ0n) is 12.8. The van der Waals surface area contributed by atoms with Gasteiger partial charge in [0.25, 0.3) is 0 Å². The molecule has 1 heterocycles. The predicted molar refractivity (Wildman–Crippen MR) is 79.9 cm³/mol. The highest BCUT2D eigenvalue weighted by Gasteiger charge is 2.42. The van der Waals surface area contributed by atoms with Gasteiger partial charge in [-0.05, 0) is 13.8 Å². The Labute approximate surface area is 149 Å². The van der Waals surface area contributed by atoms with E-state index in [2.05, 4.69) is 10.2 Å². The monoisotopic (exact) mass is 419 g/mol. The number of carbonyl (C=O) groups is 1. The summed E-state index contributed by atoms with van der Waals surface area (Å²) in [6.45, 7) is 2.94. The van der Waals surface area contributed by atoms with Gasteiger partial charge in [0, 0.05) is 0 Å². The molecular weight excluding hydrogens is 411 g/mol. The number of rotatable bonds is 4. The molecule has 0 spiro atoms. The number of amides is 1. The van der Waals surface area contributed by atoms with Crippen LogP contribution in [0.25, 0.3) is 0 Å². The third kappa shape index (κ3) is 4.09. The molecule has 4 nitrogen and oxygen atoms in total. The molecule has 142 valence electrons. The Bertz CT molecular complexity index is 824. The maximum Gasteiger partial charge on any atom is 0.422 e. The molecular formula is C13H8F7N3OS2. The van der Waals surface area contributed by atoms with Crippen LogP contribution in [0.3, 0.4) is 0 Å². The van der Waals surface area contributed by atoms with Gasteiger partial charge in [0.15, 0.2) is 27.6 Å². The maximum absolute atomic E-state index is 13.8. The average Bonchev–Trinajstić information content (AvgIpc) is 2.93. The van der Waals surface area contributed by atoms with Gasteiger partial charge < -0.3 is 5.32 Å². The molecule has 0 aliphatic carbocycles. The number of nitrogens with zero attached hydrogens (tertiary/aromatic N) is 2. The maximum atomic E-state index is 13.8. The van der Waals surface area contributed by atoms with Gasteiger partial charge in [-0.3, -0.25) is 4.79 Å². The quantitative estimate of drug-likeness (QED) is 0.449. The number of alkyl halides is 3. The molecule has 0 radical (unpaired) electrons. The zero-order chi connectivity index (χ0) is 19.8. The van der Waals surface area contributed by atoms with Crippen molar-refractivity contribution in [1.82, 2.24) is 10.2 Å². The summed E-state index contributed by atoms with van der Waals surface area (Å²) in [5.41, 5.74) is -4.35. The Morgan fingerprint density at radius 2 is 1.62 bits per heavy atom. The molecule has 1 aromatic heterocycles. The minimum Gasteiger partial charge on any atom is -0.320 e. The standard InChI is InChI=1S/C13H8F7N3OS2/c1-3(25-12-23-22-4(2)26-12)11(24)21-10-8(16)6(14)5(13(18,19)20)7(15)9(10)17/h3H,1-2H3,(H,21,24). The first-order valence-corrected chi connectivity index (χ1v) is 8.33. The molecule has 1 amide bonds. The van der Waals surface area contributed by atoms with Crippen LogP contribution in [-0.2, 0) is 11.0 Å². The van der Waals surface area contributed by atoms with Crippen LogP contribution >= 0.6 is 23.1 Å². The molecule has 0 aliphatic rings. The lowest BCUT2D eigenvalue weighted by Crippen LogP contribution is -2.25. The van der Waals surface area contributed by atoms with Gasteiger partial charge in [0.2, 0.25) is 5.91 Å². The molecule has 2 aromatic rings. The number of hydrogen-bond donors (Lipinski definition) is 1. The summed E-state index contributed by atoms with van der Waals surface area (Å²) in [6, 6.07) is 0. The van der Waals surface area contributed by atoms with Crippen molar-refractivity contribution in [2.24, 2.45) is 0 Å². The van der Waals surface area contributed by atoms with Crippen molar-refractivity contribution in [3.8, 4) is 0 Å². The normalized spacial score (nSPS) is 13.0. The van der Waals surface area contributed by atoms with Crippen LogP contribution in [0, 0.1) is 30.2 Å². The van der Waals surface area contributed by atoms with Crippen LogP contribution < -0.4 is 5.32 Å². The Morgan fingerprint density at radius 3 is 2.04 bits per heavy atom. The SMILES string of the molecule is Cc1nnc(SC(C)C(=O)Nc2c(F)c(F)c(C(F)(F)F)c(F)c2F)s1. The van der Waals surface area contributed by atoms with Crippen LogP contribution in [0.2, 0.25) is 0 Å². The lowest BCUT2D eigenvalue weighted by molar-refractivity contribution is -0.143. The topological polar surface area (TPSA) is 54.9 Å². The van der Waals surface area contributed by atoms with E-state index < -0.39 is 51.9 Å². The van der Waals surface area contributed by atoms with E-state index in [1.165, 1.54) is 6.92 Å². The lowest BCUT2D eigenvalue weighted by Gasteiger charge is -2.16. The second-order valence-electron chi connectivity index (χ2n) is 4.84. The smallest absolute Gasteiger partial charge is 0.320 e. The van der Waals surface area contributed by atoms with Crippen molar-refractivity contribution in [3.05, 3.63) is 33.8 Å². The summed E-state index contributed by atoms with van der Waals surface area (Å²) in [5, 5.41) is 8.51. The molecule has 0 saturated heterocycles. The summed E-state index contributed by atoms with van der Waals surface area (Å²) < 4.78 is 92.5. The Morgan fingerprint density at radius 1 is 1.08 bits per heavy atom. The summed E-state index contributed by atoms with van der Waals surface area (Å²) >= 11 is 1.96. The highest BCUT2D eigenvalue weighted by molar-refractivity contribution is 8.02. The second kappa shape index (κ2) is 7.39. The fourth-order valence-corrected chi connectivity index (χ4v) is 3.71. The van der Waals surface area contributed by atoms with E-state index in [1.807, 2.05) is 0 Å².